The van der Waals surface area contributed by atoms with E-state index in [-0.39, 0.29) is 17.4 Å². The van der Waals surface area contributed by atoms with Gasteiger partial charge in [0, 0.05) is 6.20 Å². The molecule has 2 heterocycles. The molecule has 2 aromatic carbocycles. The molecule has 0 spiro atoms. The first kappa shape index (κ1) is 15.1. The molecule has 0 atom stereocenters. The molecule has 6 nitrogen and oxygen atoms in total. The van der Waals surface area contributed by atoms with Crippen molar-refractivity contribution < 1.29 is 13.7 Å². The quantitative estimate of drug-likeness (QED) is 0.619. The lowest BCUT2D eigenvalue weighted by Gasteiger charge is -2.02. The first-order valence-electron chi connectivity index (χ1n) is 7.62. The van der Waals surface area contributed by atoms with Crippen LogP contribution in [0.4, 0.5) is 10.1 Å². The van der Waals surface area contributed by atoms with Crippen molar-refractivity contribution in [1.82, 2.24) is 14.9 Å². The summed E-state index contributed by atoms with van der Waals surface area (Å²) in [6, 6.07) is 13.3. The maximum atomic E-state index is 12.9. The molecule has 2 aromatic heterocycles. The van der Waals surface area contributed by atoms with Crippen molar-refractivity contribution in [3.05, 3.63) is 78.0 Å². The number of fused-ring (bicyclic) bond motifs is 1. The number of carbonyl (C=O) groups excluding carboxylic acids is 1. The summed E-state index contributed by atoms with van der Waals surface area (Å²) in [5.41, 5.74) is 2.23. The van der Waals surface area contributed by atoms with Crippen molar-refractivity contribution in [2.24, 2.45) is 0 Å². The summed E-state index contributed by atoms with van der Waals surface area (Å²) < 4.78 is 19.7. The van der Waals surface area contributed by atoms with Crippen LogP contribution in [0.15, 0.2) is 65.4 Å². The molecule has 0 aliphatic rings. The number of nitrogens with one attached hydrogen (secondary N) is 1. The van der Waals surface area contributed by atoms with E-state index in [0.717, 1.165) is 5.56 Å². The molecular formula is C18H13FN4O2. The van der Waals surface area contributed by atoms with Gasteiger partial charge < -0.3 is 9.84 Å². The number of nitrogens with zero attached hydrogens (tertiary/aromatic N) is 3. The highest BCUT2D eigenvalue weighted by atomic mass is 19.1. The van der Waals surface area contributed by atoms with Crippen LogP contribution in [0.1, 0.15) is 16.1 Å². The highest BCUT2D eigenvalue weighted by molar-refractivity contribution is 6.10. The fourth-order valence-electron chi connectivity index (χ4n) is 2.53. The fourth-order valence-corrected chi connectivity index (χ4v) is 2.53. The molecule has 4 rings (SSSR count). The summed E-state index contributed by atoms with van der Waals surface area (Å²) in [4.78, 5) is 12.4. The summed E-state index contributed by atoms with van der Waals surface area (Å²) in [7, 11) is 0. The Morgan fingerprint density at radius 1 is 1.16 bits per heavy atom. The molecule has 0 bridgehead atoms. The lowest BCUT2D eigenvalue weighted by Crippen LogP contribution is -2.12. The van der Waals surface area contributed by atoms with Crippen LogP contribution in [0.25, 0.3) is 11.0 Å². The third-order valence-electron chi connectivity index (χ3n) is 3.74. The molecule has 0 saturated carbocycles. The Morgan fingerprint density at radius 2 is 1.96 bits per heavy atom. The second-order valence-corrected chi connectivity index (χ2v) is 5.53. The molecular weight excluding hydrogens is 323 g/mol. The van der Waals surface area contributed by atoms with Crippen molar-refractivity contribution >= 4 is 22.6 Å². The zero-order chi connectivity index (χ0) is 17.2. The Kier molecular flexibility index (Phi) is 3.74. The predicted molar refractivity (Wildman–Crippen MR) is 89.7 cm³/mol. The third kappa shape index (κ3) is 3.12. The van der Waals surface area contributed by atoms with Gasteiger partial charge in [-0.05, 0) is 29.8 Å². The summed E-state index contributed by atoms with van der Waals surface area (Å²) >= 11 is 0. The van der Waals surface area contributed by atoms with Crippen LogP contribution in [0, 0.1) is 5.82 Å². The summed E-state index contributed by atoms with van der Waals surface area (Å²) in [6.07, 6.45) is 3.24. The van der Waals surface area contributed by atoms with Gasteiger partial charge in [0.05, 0.1) is 23.8 Å². The smallest absolute Gasteiger partial charge is 0.278 e. The minimum Gasteiger partial charge on any atom is -0.355 e. The Balaban J connectivity index is 1.49. The summed E-state index contributed by atoms with van der Waals surface area (Å²) in [5, 5.41) is 11.4. The van der Waals surface area contributed by atoms with Crippen LogP contribution < -0.4 is 5.32 Å². The van der Waals surface area contributed by atoms with Gasteiger partial charge in [-0.15, -0.1) is 0 Å². The van der Waals surface area contributed by atoms with Crippen molar-refractivity contribution in [2.45, 2.75) is 6.54 Å². The van der Waals surface area contributed by atoms with Crippen molar-refractivity contribution in [3.8, 4) is 0 Å². The molecule has 25 heavy (non-hydrogen) atoms. The number of carbonyl (C=O) groups is 1. The molecule has 0 fully saturated rings. The Labute approximate surface area is 141 Å². The van der Waals surface area contributed by atoms with E-state index in [4.69, 9.17) is 4.52 Å². The number of anilines is 1. The minimum atomic E-state index is -0.369. The third-order valence-corrected chi connectivity index (χ3v) is 3.74. The lowest BCUT2D eigenvalue weighted by molar-refractivity contribution is 0.102. The van der Waals surface area contributed by atoms with Crippen LogP contribution >= 0.6 is 0 Å². The van der Waals surface area contributed by atoms with Crippen LogP contribution in [-0.2, 0) is 6.54 Å². The van der Waals surface area contributed by atoms with Crippen LogP contribution in [-0.4, -0.2) is 20.8 Å². The van der Waals surface area contributed by atoms with E-state index in [1.165, 1.54) is 12.1 Å². The number of benzene rings is 2. The van der Waals surface area contributed by atoms with Gasteiger partial charge in [-0.25, -0.2) is 4.39 Å². The van der Waals surface area contributed by atoms with Crippen LogP contribution in [0.5, 0.6) is 0 Å². The maximum Gasteiger partial charge on any atom is 0.278 e. The van der Waals surface area contributed by atoms with E-state index in [1.807, 2.05) is 12.1 Å². The average molecular weight is 336 g/mol. The van der Waals surface area contributed by atoms with Gasteiger partial charge in [-0.3, -0.25) is 9.48 Å². The Morgan fingerprint density at radius 3 is 2.80 bits per heavy atom. The van der Waals surface area contributed by atoms with E-state index in [9.17, 15) is 9.18 Å². The largest absolute Gasteiger partial charge is 0.355 e. The average Bonchev–Trinajstić information content (AvgIpc) is 3.23. The van der Waals surface area contributed by atoms with Gasteiger partial charge >= 0.3 is 0 Å². The normalized spacial score (nSPS) is 10.9. The SMILES string of the molecule is O=C(Nc1cnn(Cc2ccc(F)cc2)c1)c1noc2ccccc12. The summed E-state index contributed by atoms with van der Waals surface area (Å²) in [6.45, 7) is 0.475. The number of halogens is 1. The van der Waals surface area contributed by atoms with E-state index in [1.54, 1.807) is 41.3 Å². The van der Waals surface area contributed by atoms with Gasteiger partial charge in [0.1, 0.15) is 5.82 Å². The molecule has 0 aliphatic carbocycles. The molecule has 7 heteroatoms. The predicted octanol–water partition coefficient (Wildman–Crippen LogP) is 3.46. The van der Waals surface area contributed by atoms with E-state index in [0.29, 0.717) is 23.2 Å². The highest BCUT2D eigenvalue weighted by Gasteiger charge is 2.16. The molecule has 0 unspecified atom stereocenters. The van der Waals surface area contributed by atoms with Crippen molar-refractivity contribution in [2.75, 3.05) is 5.32 Å². The second kappa shape index (κ2) is 6.20. The molecule has 4 aromatic rings. The van der Waals surface area contributed by atoms with E-state index in [2.05, 4.69) is 15.6 Å². The molecule has 0 radical (unpaired) electrons. The monoisotopic (exact) mass is 336 g/mol. The van der Waals surface area contributed by atoms with Crippen LogP contribution in [0.2, 0.25) is 0 Å². The van der Waals surface area contributed by atoms with Crippen molar-refractivity contribution in [1.29, 1.82) is 0 Å². The summed E-state index contributed by atoms with van der Waals surface area (Å²) in [5.74, 6) is -0.650. The molecule has 0 aliphatic heterocycles. The Hall–Kier alpha value is -3.48. The number of aromatic nitrogens is 3. The molecule has 0 saturated heterocycles. The molecule has 1 amide bonds. The fraction of sp³-hybridized carbons (Fsp3) is 0.0556. The lowest BCUT2D eigenvalue weighted by atomic mass is 10.2. The second-order valence-electron chi connectivity index (χ2n) is 5.53. The van der Waals surface area contributed by atoms with E-state index < -0.39 is 0 Å². The standard InChI is InChI=1S/C18H13FN4O2/c19-13-7-5-12(6-8-13)10-23-11-14(9-20-23)21-18(24)17-15-3-1-2-4-16(15)25-22-17/h1-9,11H,10H2,(H,21,24). The molecule has 1 N–H and O–H groups in total. The zero-order valence-corrected chi connectivity index (χ0v) is 13.0. The number of hydrogen-bond acceptors (Lipinski definition) is 4. The van der Waals surface area contributed by atoms with Gasteiger partial charge in [0.2, 0.25) is 0 Å². The number of hydrogen-bond donors (Lipinski definition) is 1. The molecule has 124 valence electrons. The Bertz CT molecular complexity index is 1040. The minimum absolute atomic E-state index is 0.224. The first-order valence-corrected chi connectivity index (χ1v) is 7.62. The van der Waals surface area contributed by atoms with Gasteiger partial charge in [0.15, 0.2) is 11.3 Å². The first-order chi connectivity index (χ1) is 12.2. The highest BCUT2D eigenvalue weighted by Crippen LogP contribution is 2.19. The van der Waals surface area contributed by atoms with Gasteiger partial charge in [-0.2, -0.15) is 5.10 Å². The van der Waals surface area contributed by atoms with Gasteiger partial charge in [-0.1, -0.05) is 29.4 Å². The van der Waals surface area contributed by atoms with E-state index >= 15 is 0 Å². The van der Waals surface area contributed by atoms with Crippen molar-refractivity contribution in [3.63, 3.8) is 0 Å². The van der Waals surface area contributed by atoms with Gasteiger partial charge in [0.25, 0.3) is 5.91 Å². The van der Waals surface area contributed by atoms with Crippen LogP contribution in [0.3, 0.4) is 0 Å². The number of amides is 1. The zero-order valence-electron chi connectivity index (χ0n) is 13.0. The number of rotatable bonds is 4. The topological polar surface area (TPSA) is 73.0 Å². The number of para-hydroxylation sites is 1. The maximum absolute atomic E-state index is 12.9.